The summed E-state index contributed by atoms with van der Waals surface area (Å²) in [6.07, 6.45) is 1.27. The summed E-state index contributed by atoms with van der Waals surface area (Å²) in [6, 6.07) is 4.12. The molecule has 4 heteroatoms. The van der Waals surface area contributed by atoms with Gasteiger partial charge in [-0.05, 0) is 31.4 Å². The van der Waals surface area contributed by atoms with Crippen molar-refractivity contribution in [2.45, 2.75) is 39.5 Å². The van der Waals surface area contributed by atoms with Gasteiger partial charge in [0.1, 0.15) is 0 Å². The number of hydrogen-bond donors (Lipinski definition) is 1. The van der Waals surface area contributed by atoms with Crippen molar-refractivity contribution in [3.05, 3.63) is 21.9 Å². The summed E-state index contributed by atoms with van der Waals surface area (Å²) in [5.74, 6) is 0.206. The van der Waals surface area contributed by atoms with Crippen LogP contribution in [0.1, 0.15) is 42.4 Å². The molecular weight excluding hydrogens is 246 g/mol. The van der Waals surface area contributed by atoms with Crippen LogP contribution in [-0.2, 0) is 9.59 Å². The molecule has 2 atom stereocenters. The SMILES string of the molecule is Cc1ccc(C2CC(=O)NC(=O)C2CC(C)C)s1. The van der Waals surface area contributed by atoms with Gasteiger partial charge in [0.05, 0.1) is 0 Å². The van der Waals surface area contributed by atoms with Gasteiger partial charge >= 0.3 is 0 Å². The molecule has 0 aromatic carbocycles. The zero-order valence-electron chi connectivity index (χ0n) is 11.0. The molecule has 2 amide bonds. The van der Waals surface area contributed by atoms with Gasteiger partial charge in [0, 0.05) is 28.0 Å². The first-order chi connectivity index (χ1) is 8.47. The molecule has 2 rings (SSSR count). The quantitative estimate of drug-likeness (QED) is 0.854. The smallest absolute Gasteiger partial charge is 0.230 e. The Morgan fingerprint density at radius 1 is 1.39 bits per heavy atom. The summed E-state index contributed by atoms with van der Waals surface area (Å²) in [5, 5.41) is 2.47. The van der Waals surface area contributed by atoms with Gasteiger partial charge in [-0.2, -0.15) is 0 Å². The van der Waals surface area contributed by atoms with Gasteiger partial charge in [0.2, 0.25) is 11.8 Å². The number of nitrogens with one attached hydrogen (secondary N) is 1. The highest BCUT2D eigenvalue weighted by Crippen LogP contribution is 2.38. The average molecular weight is 265 g/mol. The van der Waals surface area contributed by atoms with Crippen LogP contribution in [0.15, 0.2) is 12.1 Å². The van der Waals surface area contributed by atoms with Crippen molar-refractivity contribution in [3.8, 4) is 0 Å². The topological polar surface area (TPSA) is 46.2 Å². The number of amides is 2. The predicted octanol–water partition coefficient (Wildman–Crippen LogP) is 2.85. The molecule has 1 aromatic rings. The molecule has 18 heavy (non-hydrogen) atoms. The van der Waals surface area contributed by atoms with E-state index >= 15 is 0 Å². The molecule has 1 aromatic heterocycles. The molecule has 98 valence electrons. The van der Waals surface area contributed by atoms with Gasteiger partial charge in [-0.25, -0.2) is 0 Å². The number of piperidine rings is 1. The molecule has 1 fully saturated rings. The van der Waals surface area contributed by atoms with Crippen LogP contribution in [0.25, 0.3) is 0 Å². The van der Waals surface area contributed by atoms with Gasteiger partial charge in [-0.15, -0.1) is 11.3 Å². The summed E-state index contributed by atoms with van der Waals surface area (Å²) in [7, 11) is 0. The van der Waals surface area contributed by atoms with Gasteiger partial charge < -0.3 is 0 Å². The molecule has 2 unspecified atom stereocenters. The number of thiophene rings is 1. The van der Waals surface area contributed by atoms with Crippen molar-refractivity contribution < 1.29 is 9.59 Å². The number of carbonyl (C=O) groups is 2. The first-order valence-corrected chi connectivity index (χ1v) is 7.19. The highest BCUT2D eigenvalue weighted by atomic mass is 32.1. The van der Waals surface area contributed by atoms with E-state index in [9.17, 15) is 9.59 Å². The van der Waals surface area contributed by atoms with Crippen molar-refractivity contribution in [1.82, 2.24) is 5.32 Å². The third kappa shape index (κ3) is 2.80. The summed E-state index contributed by atoms with van der Waals surface area (Å²) in [6.45, 7) is 6.28. The Morgan fingerprint density at radius 2 is 2.11 bits per heavy atom. The van der Waals surface area contributed by atoms with Crippen molar-refractivity contribution >= 4 is 23.2 Å². The third-order valence-electron chi connectivity index (χ3n) is 3.34. The highest BCUT2D eigenvalue weighted by molar-refractivity contribution is 7.12. The number of rotatable bonds is 3. The number of imide groups is 1. The van der Waals surface area contributed by atoms with Crippen LogP contribution in [-0.4, -0.2) is 11.8 Å². The van der Waals surface area contributed by atoms with Gasteiger partial charge in [-0.1, -0.05) is 13.8 Å². The lowest BCUT2D eigenvalue weighted by molar-refractivity contribution is -0.137. The molecule has 0 saturated carbocycles. The van der Waals surface area contributed by atoms with Crippen molar-refractivity contribution in [1.29, 1.82) is 0 Å². The Kier molecular flexibility index (Phi) is 3.85. The van der Waals surface area contributed by atoms with E-state index in [-0.39, 0.29) is 23.7 Å². The molecule has 1 aliphatic rings. The minimum atomic E-state index is -0.143. The fourth-order valence-electron chi connectivity index (χ4n) is 2.54. The minimum Gasteiger partial charge on any atom is -0.296 e. The molecule has 1 aliphatic heterocycles. The molecule has 2 heterocycles. The van der Waals surface area contributed by atoms with Crippen LogP contribution in [0.5, 0.6) is 0 Å². The van der Waals surface area contributed by atoms with Crippen LogP contribution >= 0.6 is 11.3 Å². The molecule has 0 bridgehead atoms. The van der Waals surface area contributed by atoms with Crippen LogP contribution in [0.4, 0.5) is 0 Å². The van der Waals surface area contributed by atoms with E-state index in [1.165, 1.54) is 9.75 Å². The second kappa shape index (κ2) is 5.22. The summed E-state index contributed by atoms with van der Waals surface area (Å²) in [5.41, 5.74) is 0. The van der Waals surface area contributed by atoms with Gasteiger partial charge in [0.25, 0.3) is 0 Å². The van der Waals surface area contributed by atoms with Gasteiger partial charge in [-0.3, -0.25) is 14.9 Å². The highest BCUT2D eigenvalue weighted by Gasteiger charge is 2.37. The average Bonchev–Trinajstić information content (AvgIpc) is 2.68. The van der Waals surface area contributed by atoms with Crippen molar-refractivity contribution in [2.75, 3.05) is 0 Å². The molecule has 0 radical (unpaired) electrons. The zero-order chi connectivity index (χ0) is 13.3. The first kappa shape index (κ1) is 13.3. The number of carbonyl (C=O) groups excluding carboxylic acids is 2. The van der Waals surface area contributed by atoms with Crippen LogP contribution < -0.4 is 5.32 Å². The Morgan fingerprint density at radius 3 is 2.67 bits per heavy atom. The van der Waals surface area contributed by atoms with E-state index in [2.05, 4.69) is 38.2 Å². The molecule has 0 aliphatic carbocycles. The van der Waals surface area contributed by atoms with Crippen LogP contribution in [0.2, 0.25) is 0 Å². The van der Waals surface area contributed by atoms with Crippen molar-refractivity contribution in [3.63, 3.8) is 0 Å². The normalized spacial score (nSPS) is 24.4. The lowest BCUT2D eigenvalue weighted by Gasteiger charge is -2.30. The summed E-state index contributed by atoms with van der Waals surface area (Å²) >= 11 is 1.70. The Labute approximate surface area is 112 Å². The van der Waals surface area contributed by atoms with Crippen molar-refractivity contribution in [2.24, 2.45) is 11.8 Å². The standard InChI is InChI=1S/C14H19NO2S/c1-8(2)6-11-10(7-13(16)15-14(11)17)12-5-4-9(3)18-12/h4-5,8,10-11H,6-7H2,1-3H3,(H,15,16,17). The monoisotopic (exact) mass is 265 g/mol. The second-order valence-corrected chi connectivity index (χ2v) is 6.73. The Bertz CT molecular complexity index is 464. The first-order valence-electron chi connectivity index (χ1n) is 6.37. The van der Waals surface area contributed by atoms with E-state index in [0.717, 1.165) is 6.42 Å². The number of aryl methyl sites for hydroxylation is 1. The molecule has 1 N–H and O–H groups in total. The molecule has 3 nitrogen and oxygen atoms in total. The van der Waals surface area contributed by atoms with Crippen LogP contribution in [0, 0.1) is 18.8 Å². The van der Waals surface area contributed by atoms with Crippen LogP contribution in [0.3, 0.4) is 0 Å². The minimum absolute atomic E-state index is 0.0624. The largest absolute Gasteiger partial charge is 0.296 e. The summed E-state index contributed by atoms with van der Waals surface area (Å²) in [4.78, 5) is 26.0. The van der Waals surface area contributed by atoms with E-state index in [1.807, 2.05) is 0 Å². The van der Waals surface area contributed by atoms with E-state index in [4.69, 9.17) is 0 Å². The fraction of sp³-hybridized carbons (Fsp3) is 0.571. The Balaban J connectivity index is 2.27. The van der Waals surface area contributed by atoms with Gasteiger partial charge in [0.15, 0.2) is 0 Å². The lowest BCUT2D eigenvalue weighted by Crippen LogP contribution is -2.45. The fourth-order valence-corrected chi connectivity index (χ4v) is 3.58. The van der Waals surface area contributed by atoms with E-state index < -0.39 is 0 Å². The maximum absolute atomic E-state index is 12.0. The molecule has 0 spiro atoms. The van der Waals surface area contributed by atoms with E-state index in [0.29, 0.717) is 12.3 Å². The predicted molar refractivity (Wildman–Crippen MR) is 72.5 cm³/mol. The second-order valence-electron chi connectivity index (χ2n) is 5.41. The molecule has 1 saturated heterocycles. The zero-order valence-corrected chi connectivity index (χ0v) is 11.8. The summed E-state index contributed by atoms with van der Waals surface area (Å²) < 4.78 is 0. The number of hydrogen-bond acceptors (Lipinski definition) is 3. The Hall–Kier alpha value is -1.16. The lowest BCUT2D eigenvalue weighted by atomic mass is 9.79. The third-order valence-corrected chi connectivity index (χ3v) is 4.47. The molecular formula is C14H19NO2S. The van der Waals surface area contributed by atoms with E-state index in [1.54, 1.807) is 11.3 Å². The maximum Gasteiger partial charge on any atom is 0.230 e. The maximum atomic E-state index is 12.0.